The maximum absolute atomic E-state index is 12.9. The van der Waals surface area contributed by atoms with Crippen molar-refractivity contribution in [1.82, 2.24) is 0 Å². The van der Waals surface area contributed by atoms with E-state index in [1.165, 1.54) is 24.3 Å². The first-order valence-corrected chi connectivity index (χ1v) is 9.43. The van der Waals surface area contributed by atoms with E-state index in [1.807, 2.05) is 0 Å². The van der Waals surface area contributed by atoms with Gasteiger partial charge in [0.15, 0.2) is 5.44 Å². The predicted molar refractivity (Wildman–Crippen MR) is 88.0 cm³/mol. The molecule has 0 amide bonds. The molecule has 0 bridgehead atoms. The molecule has 4 nitrogen and oxygen atoms in total. The Kier molecular flexibility index (Phi) is 5.16. The van der Waals surface area contributed by atoms with Crippen LogP contribution in [0.15, 0.2) is 59.5 Å². The topological polar surface area (TPSA) is 52.6 Å². The lowest BCUT2D eigenvalue weighted by atomic mass is 10.1. The van der Waals surface area contributed by atoms with Crippen molar-refractivity contribution >= 4 is 9.84 Å². The van der Waals surface area contributed by atoms with Gasteiger partial charge in [0.1, 0.15) is 18.2 Å². The van der Waals surface area contributed by atoms with E-state index < -0.39 is 15.3 Å². The van der Waals surface area contributed by atoms with Crippen LogP contribution in [-0.4, -0.2) is 26.6 Å². The van der Waals surface area contributed by atoms with E-state index in [0.717, 1.165) is 12.8 Å². The molecule has 1 unspecified atom stereocenters. The number of ether oxygens (including phenoxy) is 2. The van der Waals surface area contributed by atoms with Crippen molar-refractivity contribution in [3.63, 3.8) is 0 Å². The Hall–Kier alpha value is -1.92. The molecule has 24 heavy (non-hydrogen) atoms. The average molecular weight is 350 g/mol. The van der Waals surface area contributed by atoms with Gasteiger partial charge >= 0.3 is 0 Å². The van der Waals surface area contributed by atoms with Crippen LogP contribution < -0.4 is 4.74 Å². The van der Waals surface area contributed by atoms with Crippen LogP contribution in [0.25, 0.3) is 0 Å². The smallest absolute Gasteiger partial charge is 0.205 e. The van der Waals surface area contributed by atoms with Crippen LogP contribution in [0.1, 0.15) is 19.3 Å². The second-order valence-electron chi connectivity index (χ2n) is 5.74. The van der Waals surface area contributed by atoms with Crippen molar-refractivity contribution in [3.05, 3.63) is 60.4 Å². The van der Waals surface area contributed by atoms with Crippen LogP contribution >= 0.6 is 0 Å². The Morgan fingerprint density at radius 2 is 1.75 bits per heavy atom. The van der Waals surface area contributed by atoms with E-state index in [4.69, 9.17) is 9.47 Å². The minimum Gasteiger partial charge on any atom is -0.491 e. The monoisotopic (exact) mass is 350 g/mol. The van der Waals surface area contributed by atoms with Gasteiger partial charge in [-0.15, -0.1) is 0 Å². The van der Waals surface area contributed by atoms with E-state index in [0.29, 0.717) is 12.2 Å². The molecule has 1 aliphatic heterocycles. The Balaban J connectivity index is 1.63. The molecule has 0 radical (unpaired) electrons. The van der Waals surface area contributed by atoms with E-state index in [9.17, 15) is 12.8 Å². The molecule has 1 saturated heterocycles. The van der Waals surface area contributed by atoms with Gasteiger partial charge < -0.3 is 9.47 Å². The Labute approximate surface area is 141 Å². The van der Waals surface area contributed by atoms with Crippen LogP contribution in [0.5, 0.6) is 5.75 Å². The van der Waals surface area contributed by atoms with Crippen molar-refractivity contribution in [2.24, 2.45) is 0 Å². The first kappa shape index (κ1) is 16.9. The first-order chi connectivity index (χ1) is 11.6. The summed E-state index contributed by atoms with van der Waals surface area (Å²) in [6.07, 6.45) is 1.67. The van der Waals surface area contributed by atoms with Gasteiger partial charge in [-0.25, -0.2) is 12.8 Å². The summed E-state index contributed by atoms with van der Waals surface area (Å²) in [4.78, 5) is 0.273. The number of hydrogen-bond donors (Lipinski definition) is 0. The highest BCUT2D eigenvalue weighted by molar-refractivity contribution is 7.91. The number of benzene rings is 2. The summed E-state index contributed by atoms with van der Waals surface area (Å²) >= 11 is 0. The van der Waals surface area contributed by atoms with Gasteiger partial charge in [-0.1, -0.05) is 18.2 Å². The highest BCUT2D eigenvalue weighted by atomic mass is 32.2. The molecule has 0 aliphatic carbocycles. The first-order valence-electron chi connectivity index (χ1n) is 7.88. The van der Waals surface area contributed by atoms with Gasteiger partial charge in [0, 0.05) is 0 Å². The fourth-order valence-electron chi connectivity index (χ4n) is 2.70. The third-order valence-corrected chi connectivity index (χ3v) is 5.95. The number of rotatable bonds is 5. The Bertz CT molecular complexity index is 759. The molecular weight excluding hydrogens is 331 g/mol. The second kappa shape index (κ2) is 7.32. The molecule has 1 fully saturated rings. The second-order valence-corrected chi connectivity index (χ2v) is 7.83. The van der Waals surface area contributed by atoms with E-state index in [1.54, 1.807) is 30.3 Å². The summed E-state index contributed by atoms with van der Waals surface area (Å²) in [5.41, 5.74) is -0.851. The van der Waals surface area contributed by atoms with Crippen molar-refractivity contribution in [3.8, 4) is 5.75 Å². The van der Waals surface area contributed by atoms with Gasteiger partial charge in [0.05, 0.1) is 11.0 Å². The van der Waals surface area contributed by atoms with E-state index in [-0.39, 0.29) is 23.4 Å². The third kappa shape index (κ3) is 3.94. The molecule has 2 atom stereocenters. The standard InChI is InChI=1S/C18H19FO4S/c19-14-9-11-15(12-10-14)22-13-16-5-4-8-18(23-16)24(20,21)17-6-2-1-3-7-17/h1-3,6-7,9-12,16,18H,4-5,8,13H2/t16?,18-/m0/s1. The Morgan fingerprint density at radius 3 is 2.46 bits per heavy atom. The van der Waals surface area contributed by atoms with Crippen LogP contribution in [0.4, 0.5) is 4.39 Å². The van der Waals surface area contributed by atoms with Crippen LogP contribution in [0, 0.1) is 5.82 Å². The van der Waals surface area contributed by atoms with Gasteiger partial charge in [0.2, 0.25) is 9.84 Å². The van der Waals surface area contributed by atoms with Gasteiger partial charge in [-0.2, -0.15) is 0 Å². The molecule has 0 N–H and O–H groups in total. The maximum atomic E-state index is 12.9. The third-order valence-electron chi connectivity index (χ3n) is 3.98. The number of halogens is 1. The molecule has 0 saturated carbocycles. The molecule has 2 aromatic carbocycles. The van der Waals surface area contributed by atoms with Crippen molar-refractivity contribution in [2.75, 3.05) is 6.61 Å². The molecular formula is C18H19FO4S. The Morgan fingerprint density at radius 1 is 1.04 bits per heavy atom. The van der Waals surface area contributed by atoms with Crippen molar-refractivity contribution < 1.29 is 22.3 Å². The van der Waals surface area contributed by atoms with Crippen LogP contribution in [-0.2, 0) is 14.6 Å². The number of sulfone groups is 1. The fourth-order valence-corrected chi connectivity index (χ4v) is 4.32. The van der Waals surface area contributed by atoms with E-state index >= 15 is 0 Å². The summed E-state index contributed by atoms with van der Waals surface area (Å²) < 4.78 is 49.5. The van der Waals surface area contributed by atoms with Crippen LogP contribution in [0.2, 0.25) is 0 Å². The zero-order valence-electron chi connectivity index (χ0n) is 13.1. The lowest BCUT2D eigenvalue weighted by Gasteiger charge is -2.29. The largest absolute Gasteiger partial charge is 0.491 e. The van der Waals surface area contributed by atoms with Crippen LogP contribution in [0.3, 0.4) is 0 Å². The zero-order chi connectivity index (χ0) is 17.0. The molecule has 1 heterocycles. The quantitative estimate of drug-likeness (QED) is 0.827. The lowest BCUT2D eigenvalue weighted by Crippen LogP contribution is -2.36. The molecule has 2 aromatic rings. The molecule has 0 spiro atoms. The molecule has 1 aliphatic rings. The fraction of sp³-hybridized carbons (Fsp3) is 0.333. The number of hydrogen-bond acceptors (Lipinski definition) is 4. The summed E-state index contributed by atoms with van der Waals surface area (Å²) in [5, 5.41) is 0. The minimum absolute atomic E-state index is 0.243. The molecule has 128 valence electrons. The van der Waals surface area contributed by atoms with Crippen molar-refractivity contribution in [2.45, 2.75) is 35.7 Å². The predicted octanol–water partition coefficient (Wildman–Crippen LogP) is 3.57. The van der Waals surface area contributed by atoms with E-state index in [2.05, 4.69) is 0 Å². The lowest BCUT2D eigenvalue weighted by molar-refractivity contribution is -0.0317. The van der Waals surface area contributed by atoms with Gasteiger partial charge in [0.25, 0.3) is 0 Å². The van der Waals surface area contributed by atoms with Crippen molar-refractivity contribution in [1.29, 1.82) is 0 Å². The molecule has 0 aromatic heterocycles. The van der Waals surface area contributed by atoms with Gasteiger partial charge in [-0.05, 0) is 55.7 Å². The molecule has 6 heteroatoms. The highest BCUT2D eigenvalue weighted by Gasteiger charge is 2.33. The summed E-state index contributed by atoms with van der Waals surface area (Å²) in [6, 6.07) is 14.1. The minimum atomic E-state index is -3.51. The summed E-state index contributed by atoms with van der Waals surface area (Å²) in [6.45, 7) is 0.243. The zero-order valence-corrected chi connectivity index (χ0v) is 13.9. The van der Waals surface area contributed by atoms with Gasteiger partial charge in [-0.3, -0.25) is 0 Å². The summed E-state index contributed by atoms with van der Waals surface area (Å²) in [5.74, 6) is 0.207. The average Bonchev–Trinajstić information content (AvgIpc) is 2.62. The SMILES string of the molecule is O=S(=O)(c1ccccc1)[C@H]1CCCC(COc2ccc(F)cc2)O1. The normalized spacial score (nSPS) is 21.4. The maximum Gasteiger partial charge on any atom is 0.205 e. The molecule has 3 rings (SSSR count). The highest BCUT2D eigenvalue weighted by Crippen LogP contribution is 2.28. The summed E-state index contributed by atoms with van der Waals surface area (Å²) in [7, 11) is -3.51.